The molecule has 122 valence electrons. The highest BCUT2D eigenvalue weighted by atomic mass is 16.7. The highest BCUT2D eigenvalue weighted by Gasteiger charge is 2.06. The molecule has 0 saturated heterocycles. The fourth-order valence-electron chi connectivity index (χ4n) is 1.89. The summed E-state index contributed by atoms with van der Waals surface area (Å²) in [7, 11) is 0. The summed E-state index contributed by atoms with van der Waals surface area (Å²) >= 11 is 0. The first-order valence-corrected chi connectivity index (χ1v) is 7.56. The molecular formula is C15H23N3O4. The van der Waals surface area contributed by atoms with Gasteiger partial charge in [0.15, 0.2) is 0 Å². The van der Waals surface area contributed by atoms with E-state index >= 15 is 0 Å². The van der Waals surface area contributed by atoms with Crippen molar-refractivity contribution in [2.75, 3.05) is 11.9 Å². The quantitative estimate of drug-likeness (QED) is 0.388. The summed E-state index contributed by atoms with van der Waals surface area (Å²) in [6, 6.07) is 5.08. The summed E-state index contributed by atoms with van der Waals surface area (Å²) in [6.45, 7) is 2.65. The molecule has 0 heterocycles. The number of nitro groups is 1. The highest BCUT2D eigenvalue weighted by Crippen LogP contribution is 2.15. The van der Waals surface area contributed by atoms with Gasteiger partial charge in [0.25, 0.3) is 5.69 Å². The Labute approximate surface area is 130 Å². The van der Waals surface area contributed by atoms with Crippen LogP contribution in [0.4, 0.5) is 16.2 Å². The Morgan fingerprint density at radius 3 is 2.41 bits per heavy atom. The molecule has 0 atom stereocenters. The van der Waals surface area contributed by atoms with Gasteiger partial charge in [-0.05, 0) is 18.6 Å². The number of nitrogens with one attached hydrogen (secondary N) is 2. The summed E-state index contributed by atoms with van der Waals surface area (Å²) in [5, 5.41) is 13.0. The minimum absolute atomic E-state index is 0.0229. The van der Waals surface area contributed by atoms with E-state index < -0.39 is 11.0 Å². The van der Waals surface area contributed by atoms with E-state index in [1.165, 1.54) is 49.9 Å². The number of unbranched alkanes of at least 4 members (excludes halogenated alkanes) is 5. The van der Waals surface area contributed by atoms with Crippen molar-refractivity contribution in [3.05, 3.63) is 34.4 Å². The summed E-state index contributed by atoms with van der Waals surface area (Å²) in [5.74, 6) is 0. The van der Waals surface area contributed by atoms with Gasteiger partial charge < -0.3 is 5.32 Å². The molecule has 1 aromatic carbocycles. The molecule has 0 unspecified atom stereocenters. The SMILES string of the molecule is CCCCCCCCONC(=O)Nc1ccc([N+](=O)[O-])cc1. The van der Waals surface area contributed by atoms with Gasteiger partial charge in [0.1, 0.15) is 0 Å². The number of nitrogens with zero attached hydrogens (tertiary/aromatic N) is 1. The third-order valence-corrected chi connectivity index (χ3v) is 3.10. The summed E-state index contributed by atoms with van der Waals surface area (Å²) in [5.41, 5.74) is 2.73. The number of hydroxylamine groups is 1. The maximum absolute atomic E-state index is 11.5. The van der Waals surface area contributed by atoms with Gasteiger partial charge in [0.05, 0.1) is 11.5 Å². The normalized spacial score (nSPS) is 10.2. The molecule has 7 nitrogen and oxygen atoms in total. The van der Waals surface area contributed by atoms with Crippen LogP contribution >= 0.6 is 0 Å². The fraction of sp³-hybridized carbons (Fsp3) is 0.533. The monoisotopic (exact) mass is 309 g/mol. The Balaban J connectivity index is 2.12. The van der Waals surface area contributed by atoms with Crippen LogP contribution in [0.15, 0.2) is 24.3 Å². The first kappa shape index (κ1) is 17.9. The average molecular weight is 309 g/mol. The molecule has 0 fully saturated rings. The number of anilines is 1. The van der Waals surface area contributed by atoms with E-state index in [1.807, 2.05) is 0 Å². The summed E-state index contributed by atoms with van der Waals surface area (Å²) < 4.78 is 0. The van der Waals surface area contributed by atoms with Crippen LogP contribution in [0.1, 0.15) is 45.4 Å². The van der Waals surface area contributed by atoms with Crippen LogP contribution < -0.4 is 10.8 Å². The number of hydrogen-bond donors (Lipinski definition) is 2. The van der Waals surface area contributed by atoms with E-state index in [0.717, 1.165) is 12.8 Å². The molecule has 1 aromatic rings. The topological polar surface area (TPSA) is 93.5 Å². The van der Waals surface area contributed by atoms with E-state index in [9.17, 15) is 14.9 Å². The molecule has 0 spiro atoms. The van der Waals surface area contributed by atoms with Gasteiger partial charge in [-0.25, -0.2) is 10.3 Å². The zero-order valence-electron chi connectivity index (χ0n) is 12.8. The predicted molar refractivity (Wildman–Crippen MR) is 84.6 cm³/mol. The number of nitro benzene ring substituents is 1. The minimum atomic E-state index is -0.500. The van der Waals surface area contributed by atoms with Crippen molar-refractivity contribution < 1.29 is 14.6 Å². The molecule has 1 rings (SSSR count). The Kier molecular flexibility index (Phi) is 8.59. The van der Waals surface area contributed by atoms with E-state index in [2.05, 4.69) is 17.7 Å². The highest BCUT2D eigenvalue weighted by molar-refractivity contribution is 5.88. The van der Waals surface area contributed by atoms with E-state index in [-0.39, 0.29) is 5.69 Å². The second-order valence-electron chi connectivity index (χ2n) is 4.98. The van der Waals surface area contributed by atoms with Crippen LogP contribution in [-0.2, 0) is 4.84 Å². The standard InChI is InChI=1S/C15H23N3O4/c1-2-3-4-5-6-7-12-22-17-15(19)16-13-8-10-14(11-9-13)18(20)21/h8-11H,2-7,12H2,1H3,(H2,16,17,19). The van der Waals surface area contributed by atoms with Gasteiger partial charge in [0.2, 0.25) is 0 Å². The van der Waals surface area contributed by atoms with Crippen molar-refractivity contribution in [1.82, 2.24) is 5.48 Å². The van der Waals surface area contributed by atoms with E-state index in [0.29, 0.717) is 12.3 Å². The Bertz CT molecular complexity index is 462. The van der Waals surface area contributed by atoms with Crippen molar-refractivity contribution in [3.8, 4) is 0 Å². The molecule has 0 bridgehead atoms. The van der Waals surface area contributed by atoms with Crippen molar-refractivity contribution in [2.24, 2.45) is 0 Å². The third-order valence-electron chi connectivity index (χ3n) is 3.10. The minimum Gasteiger partial charge on any atom is -0.306 e. The number of non-ortho nitro benzene ring substituents is 1. The van der Waals surface area contributed by atoms with Gasteiger partial charge >= 0.3 is 6.03 Å². The van der Waals surface area contributed by atoms with Crippen LogP contribution in [-0.4, -0.2) is 17.6 Å². The molecule has 0 aliphatic heterocycles. The third kappa shape index (κ3) is 7.58. The second kappa shape index (κ2) is 10.6. The largest absolute Gasteiger partial charge is 0.343 e. The van der Waals surface area contributed by atoms with Crippen LogP contribution in [0.3, 0.4) is 0 Å². The van der Waals surface area contributed by atoms with Gasteiger partial charge in [-0.3, -0.25) is 15.0 Å². The zero-order valence-corrected chi connectivity index (χ0v) is 12.8. The Morgan fingerprint density at radius 2 is 1.77 bits per heavy atom. The molecule has 0 saturated carbocycles. The van der Waals surface area contributed by atoms with Gasteiger partial charge in [0, 0.05) is 17.8 Å². The lowest BCUT2D eigenvalue weighted by atomic mass is 10.1. The molecule has 0 radical (unpaired) electrons. The lowest BCUT2D eigenvalue weighted by Crippen LogP contribution is -2.29. The smallest absolute Gasteiger partial charge is 0.306 e. The van der Waals surface area contributed by atoms with Crippen LogP contribution in [0.2, 0.25) is 0 Å². The Morgan fingerprint density at radius 1 is 1.14 bits per heavy atom. The lowest BCUT2D eigenvalue weighted by Gasteiger charge is -2.07. The maximum atomic E-state index is 11.5. The molecular weight excluding hydrogens is 286 g/mol. The maximum Gasteiger partial charge on any atom is 0.343 e. The molecule has 2 N–H and O–H groups in total. The van der Waals surface area contributed by atoms with Gasteiger partial charge in [-0.2, -0.15) is 0 Å². The van der Waals surface area contributed by atoms with Crippen molar-refractivity contribution in [1.29, 1.82) is 0 Å². The predicted octanol–water partition coefficient (Wildman–Crippen LogP) is 4.01. The zero-order chi connectivity index (χ0) is 16.2. The molecule has 0 aliphatic rings. The first-order chi connectivity index (χ1) is 10.6. The number of rotatable bonds is 10. The van der Waals surface area contributed by atoms with Crippen molar-refractivity contribution in [3.63, 3.8) is 0 Å². The Hall–Kier alpha value is -2.15. The van der Waals surface area contributed by atoms with Crippen LogP contribution in [0.25, 0.3) is 0 Å². The molecule has 0 aromatic heterocycles. The van der Waals surface area contributed by atoms with Gasteiger partial charge in [-0.15, -0.1) is 0 Å². The first-order valence-electron chi connectivity index (χ1n) is 7.56. The summed E-state index contributed by atoms with van der Waals surface area (Å²) in [6.07, 6.45) is 6.90. The lowest BCUT2D eigenvalue weighted by molar-refractivity contribution is -0.384. The van der Waals surface area contributed by atoms with E-state index in [4.69, 9.17) is 4.84 Å². The van der Waals surface area contributed by atoms with Gasteiger partial charge in [-0.1, -0.05) is 39.0 Å². The van der Waals surface area contributed by atoms with Crippen LogP contribution in [0, 0.1) is 10.1 Å². The van der Waals surface area contributed by atoms with Crippen molar-refractivity contribution in [2.45, 2.75) is 45.4 Å². The van der Waals surface area contributed by atoms with E-state index in [1.54, 1.807) is 0 Å². The number of urea groups is 1. The number of benzene rings is 1. The second-order valence-corrected chi connectivity index (χ2v) is 4.98. The molecule has 22 heavy (non-hydrogen) atoms. The van der Waals surface area contributed by atoms with Crippen molar-refractivity contribution >= 4 is 17.4 Å². The molecule has 0 aliphatic carbocycles. The molecule has 2 amide bonds. The number of carbonyl (C=O) groups excluding carboxylic acids is 1. The average Bonchev–Trinajstić information content (AvgIpc) is 2.50. The molecule has 7 heteroatoms. The number of carbonyl (C=O) groups is 1. The fourth-order valence-corrected chi connectivity index (χ4v) is 1.89. The van der Waals surface area contributed by atoms with Crippen LogP contribution in [0.5, 0.6) is 0 Å². The number of hydrogen-bond acceptors (Lipinski definition) is 4. The number of amides is 2. The summed E-state index contributed by atoms with van der Waals surface area (Å²) in [4.78, 5) is 26.6.